The Labute approximate surface area is 133 Å². The summed E-state index contributed by atoms with van der Waals surface area (Å²) in [6.45, 7) is 2.17. The maximum absolute atomic E-state index is 12.6. The van der Waals surface area contributed by atoms with Gasteiger partial charge in [0.25, 0.3) is 5.91 Å². The SMILES string of the molecule is COc1ccc(C2NC(=O)NC3=C2C(=O)N(CC(C)O)C3)cc1. The molecule has 2 atom stereocenters. The molecule has 2 aliphatic rings. The van der Waals surface area contributed by atoms with E-state index in [0.717, 1.165) is 5.56 Å². The number of hydrogen-bond acceptors (Lipinski definition) is 4. The molecule has 3 rings (SSSR count). The van der Waals surface area contributed by atoms with Crippen LogP contribution in [0.5, 0.6) is 5.75 Å². The summed E-state index contributed by atoms with van der Waals surface area (Å²) in [5.74, 6) is 0.533. The molecule has 0 saturated carbocycles. The van der Waals surface area contributed by atoms with Crippen LogP contribution in [0.4, 0.5) is 4.79 Å². The lowest BCUT2D eigenvalue weighted by atomic mass is 9.96. The van der Waals surface area contributed by atoms with E-state index < -0.39 is 12.1 Å². The molecule has 7 heteroatoms. The van der Waals surface area contributed by atoms with E-state index in [1.165, 1.54) is 0 Å². The van der Waals surface area contributed by atoms with Crippen LogP contribution in [-0.2, 0) is 4.79 Å². The number of hydrogen-bond donors (Lipinski definition) is 3. The summed E-state index contributed by atoms with van der Waals surface area (Å²) >= 11 is 0. The molecule has 0 saturated heterocycles. The van der Waals surface area contributed by atoms with E-state index in [1.54, 1.807) is 31.1 Å². The molecule has 0 spiro atoms. The van der Waals surface area contributed by atoms with Crippen molar-refractivity contribution in [3.05, 3.63) is 41.1 Å². The Morgan fingerprint density at radius 1 is 1.35 bits per heavy atom. The quantitative estimate of drug-likeness (QED) is 0.755. The third-order valence-corrected chi connectivity index (χ3v) is 3.95. The number of amides is 3. The number of aliphatic hydroxyl groups excluding tert-OH is 1. The standard InChI is InChI=1S/C16H19N3O4/c1-9(20)7-19-8-12-13(15(19)21)14(18-16(22)17-12)10-3-5-11(23-2)6-4-10/h3-6,9,14,20H,7-8H2,1-2H3,(H2,17,18,22). The van der Waals surface area contributed by atoms with Gasteiger partial charge in [0, 0.05) is 6.54 Å². The molecule has 3 amide bonds. The molecule has 1 aromatic carbocycles. The number of rotatable bonds is 4. The van der Waals surface area contributed by atoms with E-state index >= 15 is 0 Å². The van der Waals surface area contributed by atoms with Gasteiger partial charge >= 0.3 is 6.03 Å². The first-order valence-corrected chi connectivity index (χ1v) is 7.41. The molecule has 0 radical (unpaired) electrons. The van der Waals surface area contributed by atoms with Gasteiger partial charge in [0.2, 0.25) is 0 Å². The van der Waals surface area contributed by atoms with Crippen LogP contribution in [0, 0.1) is 0 Å². The number of ether oxygens (including phenoxy) is 1. The fraction of sp³-hybridized carbons (Fsp3) is 0.375. The predicted octanol–water partition coefficient (Wildman–Crippen LogP) is 0.526. The minimum Gasteiger partial charge on any atom is -0.497 e. The molecule has 1 aromatic rings. The maximum atomic E-state index is 12.6. The van der Waals surface area contributed by atoms with E-state index in [4.69, 9.17) is 4.74 Å². The van der Waals surface area contributed by atoms with Crippen molar-refractivity contribution in [1.29, 1.82) is 0 Å². The Hall–Kier alpha value is -2.54. The van der Waals surface area contributed by atoms with Crippen LogP contribution in [0.25, 0.3) is 0 Å². The van der Waals surface area contributed by atoms with Gasteiger partial charge in [0.05, 0.1) is 37.1 Å². The summed E-state index contributed by atoms with van der Waals surface area (Å²) in [6.07, 6.45) is -0.622. The van der Waals surface area contributed by atoms with E-state index in [0.29, 0.717) is 23.6 Å². The smallest absolute Gasteiger partial charge is 0.319 e. The summed E-state index contributed by atoms with van der Waals surface area (Å²) in [4.78, 5) is 26.1. The zero-order chi connectivity index (χ0) is 16.6. The van der Waals surface area contributed by atoms with Crippen molar-refractivity contribution in [1.82, 2.24) is 15.5 Å². The molecule has 0 aromatic heterocycles. The second kappa shape index (κ2) is 5.92. The summed E-state index contributed by atoms with van der Waals surface area (Å²) in [7, 11) is 1.58. The average molecular weight is 317 g/mol. The fourth-order valence-electron chi connectivity index (χ4n) is 2.94. The number of benzene rings is 1. The number of methoxy groups -OCH3 is 1. The van der Waals surface area contributed by atoms with Crippen LogP contribution in [0.2, 0.25) is 0 Å². The largest absolute Gasteiger partial charge is 0.497 e. The van der Waals surface area contributed by atoms with E-state index in [2.05, 4.69) is 10.6 Å². The van der Waals surface area contributed by atoms with Crippen molar-refractivity contribution < 1.29 is 19.4 Å². The Morgan fingerprint density at radius 2 is 2.04 bits per heavy atom. The number of nitrogens with one attached hydrogen (secondary N) is 2. The van der Waals surface area contributed by atoms with Crippen molar-refractivity contribution in [3.8, 4) is 5.75 Å². The van der Waals surface area contributed by atoms with Crippen LogP contribution < -0.4 is 15.4 Å². The summed E-state index contributed by atoms with van der Waals surface area (Å²) in [5, 5.41) is 15.0. The summed E-state index contributed by atoms with van der Waals surface area (Å²) < 4.78 is 5.13. The van der Waals surface area contributed by atoms with E-state index in [1.807, 2.05) is 12.1 Å². The average Bonchev–Trinajstić information content (AvgIpc) is 2.82. The second-order valence-corrected chi connectivity index (χ2v) is 5.73. The zero-order valence-corrected chi connectivity index (χ0v) is 13.0. The third-order valence-electron chi connectivity index (χ3n) is 3.95. The van der Waals surface area contributed by atoms with Crippen molar-refractivity contribution in [3.63, 3.8) is 0 Å². The Bertz CT molecular complexity index is 666. The van der Waals surface area contributed by atoms with Crippen LogP contribution in [-0.4, -0.2) is 48.2 Å². The van der Waals surface area contributed by atoms with Crippen molar-refractivity contribution >= 4 is 11.9 Å². The minimum atomic E-state index is -0.622. The molecule has 2 heterocycles. The molecule has 0 aliphatic carbocycles. The highest BCUT2D eigenvalue weighted by atomic mass is 16.5. The van der Waals surface area contributed by atoms with Gasteiger partial charge in [-0.05, 0) is 24.6 Å². The lowest BCUT2D eigenvalue weighted by Gasteiger charge is -2.25. The van der Waals surface area contributed by atoms with Crippen molar-refractivity contribution in [2.24, 2.45) is 0 Å². The fourth-order valence-corrected chi connectivity index (χ4v) is 2.94. The lowest BCUT2D eigenvalue weighted by molar-refractivity contribution is -0.126. The van der Waals surface area contributed by atoms with Crippen molar-refractivity contribution in [2.45, 2.75) is 19.1 Å². The number of aliphatic hydroxyl groups is 1. The number of carbonyl (C=O) groups excluding carboxylic acids is 2. The summed E-state index contributed by atoms with van der Waals surface area (Å²) in [5.41, 5.74) is 1.93. The highest BCUT2D eigenvalue weighted by Gasteiger charge is 2.40. The first-order valence-electron chi connectivity index (χ1n) is 7.41. The predicted molar refractivity (Wildman–Crippen MR) is 82.7 cm³/mol. The molecule has 3 N–H and O–H groups in total. The van der Waals surface area contributed by atoms with Crippen LogP contribution in [0.1, 0.15) is 18.5 Å². The van der Waals surface area contributed by atoms with E-state index in [-0.39, 0.29) is 18.5 Å². The van der Waals surface area contributed by atoms with Crippen LogP contribution >= 0.6 is 0 Å². The van der Waals surface area contributed by atoms with Gasteiger partial charge in [-0.25, -0.2) is 4.79 Å². The van der Waals surface area contributed by atoms with Crippen LogP contribution in [0.3, 0.4) is 0 Å². The zero-order valence-electron chi connectivity index (χ0n) is 13.0. The highest BCUT2D eigenvalue weighted by Crippen LogP contribution is 2.33. The van der Waals surface area contributed by atoms with Gasteiger partial charge in [0.15, 0.2) is 0 Å². The third kappa shape index (κ3) is 2.87. The van der Waals surface area contributed by atoms with Gasteiger partial charge in [-0.3, -0.25) is 4.79 Å². The van der Waals surface area contributed by atoms with Gasteiger partial charge in [-0.15, -0.1) is 0 Å². The molecular formula is C16H19N3O4. The lowest BCUT2D eigenvalue weighted by Crippen LogP contribution is -2.44. The second-order valence-electron chi connectivity index (χ2n) is 5.73. The van der Waals surface area contributed by atoms with Gasteiger partial charge in [0.1, 0.15) is 5.75 Å². The van der Waals surface area contributed by atoms with Gasteiger partial charge < -0.3 is 25.4 Å². The van der Waals surface area contributed by atoms with Gasteiger partial charge in [-0.2, -0.15) is 0 Å². The molecule has 23 heavy (non-hydrogen) atoms. The topological polar surface area (TPSA) is 90.9 Å². The molecule has 2 unspecified atom stereocenters. The summed E-state index contributed by atoms with van der Waals surface area (Å²) in [6, 6.07) is 6.38. The molecule has 0 fully saturated rings. The number of carbonyl (C=O) groups is 2. The number of β-amino-alcohol motifs (C(OH)–C–C–N with tert-alkyl or cyclic N) is 1. The highest BCUT2D eigenvalue weighted by molar-refractivity contribution is 6.01. The first-order chi connectivity index (χ1) is 11.0. The molecule has 2 aliphatic heterocycles. The molecule has 122 valence electrons. The molecular weight excluding hydrogens is 298 g/mol. The van der Waals surface area contributed by atoms with Crippen LogP contribution in [0.15, 0.2) is 35.5 Å². The Balaban J connectivity index is 1.92. The minimum absolute atomic E-state index is 0.172. The van der Waals surface area contributed by atoms with Crippen molar-refractivity contribution in [2.75, 3.05) is 20.2 Å². The maximum Gasteiger partial charge on any atom is 0.319 e. The van der Waals surface area contributed by atoms with E-state index in [9.17, 15) is 14.7 Å². The Morgan fingerprint density at radius 3 is 2.65 bits per heavy atom. The monoisotopic (exact) mass is 317 g/mol. The normalized spacial score (nSPS) is 21.7. The molecule has 0 bridgehead atoms. The molecule has 7 nitrogen and oxygen atoms in total. The Kier molecular flexibility index (Phi) is 3.96. The first kappa shape index (κ1) is 15.4. The van der Waals surface area contributed by atoms with Gasteiger partial charge in [-0.1, -0.05) is 12.1 Å². The number of nitrogens with zero attached hydrogens (tertiary/aromatic N) is 1. The number of urea groups is 1.